The number of benzene rings is 1. The number of hydrogen-bond acceptors (Lipinski definition) is 2. The molecule has 0 aliphatic heterocycles. The third-order valence-corrected chi connectivity index (χ3v) is 3.59. The summed E-state index contributed by atoms with van der Waals surface area (Å²) in [5.74, 6) is -0.473. The lowest BCUT2D eigenvalue weighted by atomic mass is 9.87. The summed E-state index contributed by atoms with van der Waals surface area (Å²) in [5, 5.41) is 9.17. The van der Waals surface area contributed by atoms with Gasteiger partial charge in [-0.15, -0.1) is 0 Å². The van der Waals surface area contributed by atoms with E-state index in [2.05, 4.69) is 19.9 Å². The van der Waals surface area contributed by atoms with E-state index in [0.717, 1.165) is 22.4 Å². The van der Waals surface area contributed by atoms with Crippen LogP contribution in [0.25, 0.3) is 5.57 Å². The Morgan fingerprint density at radius 1 is 1.39 bits per heavy atom. The second-order valence-corrected chi connectivity index (χ2v) is 5.29. The Bertz CT molecular complexity index is 527. The van der Waals surface area contributed by atoms with Crippen LogP contribution in [0.4, 0.5) is 0 Å². The van der Waals surface area contributed by atoms with Crippen molar-refractivity contribution in [1.29, 1.82) is 0 Å². The fourth-order valence-electron chi connectivity index (χ4n) is 2.47. The van der Waals surface area contributed by atoms with Crippen molar-refractivity contribution in [2.75, 3.05) is 7.11 Å². The molecular formula is C15H18O3. The summed E-state index contributed by atoms with van der Waals surface area (Å²) in [6, 6.07) is 5.82. The van der Waals surface area contributed by atoms with Crippen LogP contribution in [0, 0.1) is 5.92 Å². The Balaban J connectivity index is 2.54. The first kappa shape index (κ1) is 12.7. The van der Waals surface area contributed by atoms with Crippen LogP contribution in [0.2, 0.25) is 0 Å². The Morgan fingerprint density at radius 3 is 2.61 bits per heavy atom. The Labute approximate surface area is 107 Å². The number of carboxylic acids is 1. The maximum Gasteiger partial charge on any atom is 0.310 e. The molecule has 1 atom stereocenters. The molecule has 3 heteroatoms. The third kappa shape index (κ3) is 1.90. The topological polar surface area (TPSA) is 46.5 Å². The summed E-state index contributed by atoms with van der Waals surface area (Å²) in [4.78, 5) is 11.2. The predicted octanol–water partition coefficient (Wildman–Crippen LogP) is 3.09. The zero-order valence-electron chi connectivity index (χ0n) is 11.2. The van der Waals surface area contributed by atoms with Crippen molar-refractivity contribution in [2.24, 2.45) is 5.92 Å². The van der Waals surface area contributed by atoms with Crippen molar-refractivity contribution in [3.05, 3.63) is 35.4 Å². The standard InChI is InChI=1S/C15H18O3/c1-9(14(16)17)12-8-15(2,3)13-7-10(18-4)5-6-11(12)13/h5-9H,1-4H3,(H,16,17). The van der Waals surface area contributed by atoms with Gasteiger partial charge >= 0.3 is 5.97 Å². The fourth-order valence-corrected chi connectivity index (χ4v) is 2.47. The number of allylic oxidation sites excluding steroid dienone is 1. The zero-order chi connectivity index (χ0) is 13.5. The van der Waals surface area contributed by atoms with Crippen LogP contribution in [0.5, 0.6) is 5.75 Å². The molecule has 0 bridgehead atoms. The van der Waals surface area contributed by atoms with Crippen molar-refractivity contribution in [1.82, 2.24) is 0 Å². The molecule has 0 amide bonds. The Hall–Kier alpha value is -1.77. The highest BCUT2D eigenvalue weighted by Gasteiger charge is 2.34. The van der Waals surface area contributed by atoms with E-state index in [1.807, 2.05) is 18.2 Å². The maximum atomic E-state index is 11.2. The third-order valence-electron chi connectivity index (χ3n) is 3.59. The molecule has 1 aromatic carbocycles. The lowest BCUT2D eigenvalue weighted by Crippen LogP contribution is -2.10. The van der Waals surface area contributed by atoms with Crippen LogP contribution in [0.3, 0.4) is 0 Å². The maximum absolute atomic E-state index is 11.2. The molecule has 0 radical (unpaired) electrons. The van der Waals surface area contributed by atoms with Crippen LogP contribution in [0.15, 0.2) is 24.3 Å². The van der Waals surface area contributed by atoms with Crippen LogP contribution in [-0.4, -0.2) is 18.2 Å². The first-order valence-corrected chi connectivity index (χ1v) is 6.01. The number of fused-ring (bicyclic) bond motifs is 1. The summed E-state index contributed by atoms with van der Waals surface area (Å²) in [5.41, 5.74) is 2.90. The molecule has 0 aromatic heterocycles. The molecule has 2 rings (SSSR count). The van der Waals surface area contributed by atoms with Crippen molar-refractivity contribution >= 4 is 11.5 Å². The van der Waals surface area contributed by atoms with Gasteiger partial charge in [0.1, 0.15) is 5.75 Å². The lowest BCUT2D eigenvalue weighted by molar-refractivity contribution is -0.139. The van der Waals surface area contributed by atoms with Gasteiger partial charge in [-0.05, 0) is 35.8 Å². The highest BCUT2D eigenvalue weighted by Crippen LogP contribution is 2.44. The van der Waals surface area contributed by atoms with Crippen molar-refractivity contribution < 1.29 is 14.6 Å². The van der Waals surface area contributed by atoms with E-state index in [1.165, 1.54) is 0 Å². The van der Waals surface area contributed by atoms with Gasteiger partial charge in [0.15, 0.2) is 0 Å². The number of aliphatic carboxylic acids is 1. The number of ether oxygens (including phenoxy) is 1. The van der Waals surface area contributed by atoms with Crippen LogP contribution >= 0.6 is 0 Å². The molecule has 1 unspecified atom stereocenters. The fraction of sp³-hybridized carbons (Fsp3) is 0.400. The van der Waals surface area contributed by atoms with Gasteiger partial charge in [-0.3, -0.25) is 4.79 Å². The van der Waals surface area contributed by atoms with E-state index >= 15 is 0 Å². The number of rotatable bonds is 3. The van der Waals surface area contributed by atoms with Gasteiger partial charge in [0.2, 0.25) is 0 Å². The molecule has 1 aliphatic rings. The molecule has 1 aliphatic carbocycles. The van der Waals surface area contributed by atoms with E-state index in [0.29, 0.717) is 0 Å². The summed E-state index contributed by atoms with van der Waals surface area (Å²) >= 11 is 0. The average Bonchev–Trinajstić information content (AvgIpc) is 2.60. The van der Waals surface area contributed by atoms with Crippen LogP contribution < -0.4 is 4.74 Å². The molecule has 0 saturated carbocycles. The number of methoxy groups -OCH3 is 1. The number of hydrogen-bond donors (Lipinski definition) is 1. The molecule has 0 heterocycles. The highest BCUT2D eigenvalue weighted by molar-refractivity contribution is 5.90. The van der Waals surface area contributed by atoms with E-state index in [1.54, 1.807) is 14.0 Å². The quantitative estimate of drug-likeness (QED) is 0.891. The van der Waals surface area contributed by atoms with E-state index < -0.39 is 11.9 Å². The minimum absolute atomic E-state index is 0.150. The first-order chi connectivity index (χ1) is 8.36. The lowest BCUT2D eigenvalue weighted by Gasteiger charge is -2.18. The second-order valence-electron chi connectivity index (χ2n) is 5.29. The number of carbonyl (C=O) groups is 1. The molecule has 0 saturated heterocycles. The smallest absolute Gasteiger partial charge is 0.310 e. The van der Waals surface area contributed by atoms with Gasteiger partial charge < -0.3 is 9.84 Å². The molecular weight excluding hydrogens is 228 g/mol. The number of carboxylic acid groups (broad SMARTS) is 1. The van der Waals surface area contributed by atoms with Gasteiger partial charge in [0.05, 0.1) is 13.0 Å². The molecule has 1 aromatic rings. The van der Waals surface area contributed by atoms with Crippen LogP contribution in [-0.2, 0) is 10.2 Å². The summed E-state index contributed by atoms with van der Waals surface area (Å²) in [7, 11) is 1.64. The van der Waals surface area contributed by atoms with E-state index in [9.17, 15) is 9.90 Å². The Morgan fingerprint density at radius 2 is 2.06 bits per heavy atom. The first-order valence-electron chi connectivity index (χ1n) is 6.01. The molecule has 3 nitrogen and oxygen atoms in total. The van der Waals surface area contributed by atoms with Gasteiger partial charge in [-0.25, -0.2) is 0 Å². The summed E-state index contributed by atoms with van der Waals surface area (Å²) in [6.45, 7) is 5.91. The predicted molar refractivity (Wildman–Crippen MR) is 70.8 cm³/mol. The van der Waals surface area contributed by atoms with E-state index in [-0.39, 0.29) is 5.41 Å². The minimum Gasteiger partial charge on any atom is -0.497 e. The Kier molecular flexibility index (Phi) is 2.93. The SMILES string of the molecule is COc1ccc2c(c1)C(C)(C)C=C2C(C)C(=O)O. The van der Waals surface area contributed by atoms with Gasteiger partial charge in [0, 0.05) is 5.41 Å². The molecule has 18 heavy (non-hydrogen) atoms. The largest absolute Gasteiger partial charge is 0.497 e. The normalized spacial score (nSPS) is 17.9. The van der Waals surface area contributed by atoms with Crippen molar-refractivity contribution in [3.63, 3.8) is 0 Å². The minimum atomic E-state index is -0.791. The highest BCUT2D eigenvalue weighted by atomic mass is 16.5. The molecule has 0 fully saturated rings. The molecule has 96 valence electrons. The monoisotopic (exact) mass is 246 g/mol. The molecule has 0 spiro atoms. The average molecular weight is 246 g/mol. The van der Waals surface area contributed by atoms with Gasteiger partial charge in [0.25, 0.3) is 0 Å². The van der Waals surface area contributed by atoms with E-state index in [4.69, 9.17) is 4.74 Å². The van der Waals surface area contributed by atoms with Crippen LogP contribution in [0.1, 0.15) is 31.9 Å². The van der Waals surface area contributed by atoms with Crippen molar-refractivity contribution in [3.8, 4) is 5.75 Å². The summed E-state index contributed by atoms with van der Waals surface area (Å²) in [6.07, 6.45) is 2.05. The second kappa shape index (κ2) is 4.16. The van der Waals surface area contributed by atoms with Gasteiger partial charge in [-0.2, -0.15) is 0 Å². The summed E-state index contributed by atoms with van der Waals surface area (Å²) < 4.78 is 5.24. The zero-order valence-corrected chi connectivity index (χ0v) is 11.2. The molecule has 1 N–H and O–H groups in total. The van der Waals surface area contributed by atoms with Crippen molar-refractivity contribution in [2.45, 2.75) is 26.2 Å². The van der Waals surface area contributed by atoms with Gasteiger partial charge in [-0.1, -0.05) is 26.0 Å².